The molecule has 0 heterocycles. The summed E-state index contributed by atoms with van der Waals surface area (Å²) in [5, 5.41) is 23.1. The van der Waals surface area contributed by atoms with Crippen LogP contribution in [0.4, 0.5) is 0 Å². The van der Waals surface area contributed by atoms with Crippen LogP contribution in [-0.4, -0.2) is 22.3 Å². The second kappa shape index (κ2) is 7.97. The fourth-order valence-corrected chi connectivity index (χ4v) is 2.61. The third-order valence-electron chi connectivity index (χ3n) is 3.96. The van der Waals surface area contributed by atoms with Crippen molar-refractivity contribution in [3.05, 3.63) is 65.7 Å². The van der Waals surface area contributed by atoms with Crippen LogP contribution in [0.3, 0.4) is 0 Å². The van der Waals surface area contributed by atoms with E-state index in [1.54, 1.807) is 24.3 Å². The summed E-state index contributed by atoms with van der Waals surface area (Å²) in [6, 6.07) is 17.4. The lowest BCUT2D eigenvalue weighted by Gasteiger charge is -2.25. The number of phenolic OH excluding ortho intramolecular Hbond substituents is 1. The van der Waals surface area contributed by atoms with E-state index in [1.165, 1.54) is 5.56 Å². The molecule has 0 aliphatic rings. The Labute approximate surface area is 132 Å². The molecular formula is C19H25NO2. The maximum absolute atomic E-state index is 10.4. The Kier molecular flexibility index (Phi) is 5.99. The van der Waals surface area contributed by atoms with Crippen LogP contribution in [0.15, 0.2) is 54.6 Å². The molecule has 0 aromatic heterocycles. The Bertz CT molecular complexity index is 553. The highest BCUT2D eigenvalue weighted by molar-refractivity contribution is 5.27. The van der Waals surface area contributed by atoms with E-state index in [1.807, 2.05) is 13.0 Å². The second-order valence-electron chi connectivity index (χ2n) is 5.92. The van der Waals surface area contributed by atoms with Crippen LogP contribution in [0.25, 0.3) is 0 Å². The molecule has 0 fully saturated rings. The van der Waals surface area contributed by atoms with Gasteiger partial charge in [-0.05, 0) is 49.9 Å². The molecule has 22 heavy (non-hydrogen) atoms. The normalized spacial score (nSPS) is 15.2. The lowest BCUT2D eigenvalue weighted by molar-refractivity contribution is 0.129. The van der Waals surface area contributed by atoms with Gasteiger partial charge in [0.1, 0.15) is 5.75 Å². The van der Waals surface area contributed by atoms with E-state index in [2.05, 4.69) is 36.5 Å². The molecule has 3 heteroatoms. The number of nitrogens with one attached hydrogen (secondary N) is 1. The summed E-state index contributed by atoms with van der Waals surface area (Å²) in [5.74, 6) is 0.216. The molecule has 3 N–H and O–H groups in total. The monoisotopic (exact) mass is 299 g/mol. The highest BCUT2D eigenvalue weighted by atomic mass is 16.3. The largest absolute Gasteiger partial charge is 0.508 e. The van der Waals surface area contributed by atoms with Crippen molar-refractivity contribution < 1.29 is 10.2 Å². The molecule has 0 radical (unpaired) electrons. The van der Waals surface area contributed by atoms with Crippen LogP contribution in [0.1, 0.15) is 37.5 Å². The predicted octanol–water partition coefficient (Wildman–Crippen LogP) is 3.43. The van der Waals surface area contributed by atoms with Crippen LogP contribution < -0.4 is 5.32 Å². The number of aliphatic hydroxyl groups excluding tert-OH is 1. The van der Waals surface area contributed by atoms with Crippen molar-refractivity contribution in [3.63, 3.8) is 0 Å². The van der Waals surface area contributed by atoms with Crippen molar-refractivity contribution in [2.45, 2.75) is 44.9 Å². The maximum atomic E-state index is 10.4. The van der Waals surface area contributed by atoms with Crippen LogP contribution in [0, 0.1) is 0 Å². The minimum absolute atomic E-state index is 0.0460. The molecule has 0 saturated carbocycles. The van der Waals surface area contributed by atoms with Crippen molar-refractivity contribution in [3.8, 4) is 5.75 Å². The molecule has 0 bridgehead atoms. The van der Waals surface area contributed by atoms with E-state index in [9.17, 15) is 10.2 Å². The van der Waals surface area contributed by atoms with Crippen molar-refractivity contribution in [1.82, 2.24) is 5.32 Å². The Morgan fingerprint density at radius 1 is 0.955 bits per heavy atom. The number of aliphatic hydroxyl groups is 1. The molecule has 2 aromatic rings. The first-order chi connectivity index (χ1) is 10.6. The van der Waals surface area contributed by atoms with E-state index in [-0.39, 0.29) is 11.8 Å². The summed E-state index contributed by atoms with van der Waals surface area (Å²) < 4.78 is 0. The predicted molar refractivity (Wildman–Crippen MR) is 89.9 cm³/mol. The summed E-state index contributed by atoms with van der Waals surface area (Å²) in [6.45, 7) is 4.12. The van der Waals surface area contributed by atoms with Gasteiger partial charge in [-0.1, -0.05) is 42.5 Å². The fraction of sp³-hybridized carbons (Fsp3) is 0.368. The Hall–Kier alpha value is -1.84. The van der Waals surface area contributed by atoms with E-state index >= 15 is 0 Å². The summed E-state index contributed by atoms with van der Waals surface area (Å²) in [6.07, 6.45) is 1.47. The first-order valence-corrected chi connectivity index (χ1v) is 7.83. The van der Waals surface area contributed by atoms with Gasteiger partial charge in [-0.2, -0.15) is 0 Å². The molecule has 0 spiro atoms. The smallest absolute Gasteiger partial charge is 0.115 e. The molecule has 118 valence electrons. The van der Waals surface area contributed by atoms with Crippen LogP contribution in [0.2, 0.25) is 0 Å². The molecule has 3 atom stereocenters. The molecule has 3 nitrogen and oxygen atoms in total. The number of rotatable bonds is 7. The van der Waals surface area contributed by atoms with Gasteiger partial charge >= 0.3 is 0 Å². The van der Waals surface area contributed by atoms with Crippen LogP contribution in [-0.2, 0) is 6.42 Å². The average molecular weight is 299 g/mol. The molecule has 0 amide bonds. The topological polar surface area (TPSA) is 52.5 Å². The highest BCUT2D eigenvalue weighted by Crippen LogP contribution is 2.20. The van der Waals surface area contributed by atoms with Gasteiger partial charge in [0.05, 0.1) is 6.10 Å². The summed E-state index contributed by atoms with van der Waals surface area (Å²) in [7, 11) is 0. The van der Waals surface area contributed by atoms with Gasteiger partial charge < -0.3 is 15.5 Å². The quantitative estimate of drug-likeness (QED) is 0.734. The van der Waals surface area contributed by atoms with Gasteiger partial charge in [-0.15, -0.1) is 0 Å². The molecule has 0 saturated heterocycles. The minimum Gasteiger partial charge on any atom is -0.508 e. The minimum atomic E-state index is -0.584. The molecule has 0 unspecified atom stereocenters. The SMILES string of the molecule is C[C@@H](CCc1ccccc1)N[C@H](C)[C@H](O)c1ccc(O)cc1. The van der Waals surface area contributed by atoms with Crippen LogP contribution >= 0.6 is 0 Å². The van der Waals surface area contributed by atoms with Crippen molar-refractivity contribution in [1.29, 1.82) is 0 Å². The number of phenols is 1. The first-order valence-electron chi connectivity index (χ1n) is 7.83. The lowest BCUT2D eigenvalue weighted by atomic mass is 10.0. The zero-order chi connectivity index (χ0) is 15.9. The van der Waals surface area contributed by atoms with Gasteiger partial charge in [0.2, 0.25) is 0 Å². The highest BCUT2D eigenvalue weighted by Gasteiger charge is 2.18. The standard InChI is InChI=1S/C19H25NO2/c1-14(8-9-16-6-4-3-5-7-16)20-15(2)19(22)17-10-12-18(21)13-11-17/h3-7,10-15,19-22H,8-9H2,1-2H3/t14-,15+,19-/m0/s1. The van der Waals surface area contributed by atoms with Crippen molar-refractivity contribution in [2.24, 2.45) is 0 Å². The molecular weight excluding hydrogens is 274 g/mol. The summed E-state index contributed by atoms with van der Waals surface area (Å²) in [4.78, 5) is 0. The third-order valence-corrected chi connectivity index (χ3v) is 3.96. The number of hydrogen-bond acceptors (Lipinski definition) is 3. The van der Waals surface area contributed by atoms with E-state index in [0.29, 0.717) is 6.04 Å². The van der Waals surface area contributed by atoms with Gasteiger partial charge in [-0.3, -0.25) is 0 Å². The third kappa shape index (κ3) is 4.86. The zero-order valence-corrected chi connectivity index (χ0v) is 13.2. The maximum Gasteiger partial charge on any atom is 0.115 e. The van der Waals surface area contributed by atoms with E-state index < -0.39 is 6.10 Å². The number of aromatic hydroxyl groups is 1. The van der Waals surface area contributed by atoms with Crippen LogP contribution in [0.5, 0.6) is 5.75 Å². The Balaban J connectivity index is 1.82. The molecule has 0 aliphatic carbocycles. The lowest BCUT2D eigenvalue weighted by Crippen LogP contribution is -2.38. The molecule has 2 rings (SSSR count). The fourth-order valence-electron chi connectivity index (χ4n) is 2.61. The number of aryl methyl sites for hydroxylation is 1. The molecule has 2 aromatic carbocycles. The van der Waals surface area contributed by atoms with Gasteiger partial charge in [0, 0.05) is 12.1 Å². The number of hydrogen-bond donors (Lipinski definition) is 3. The Morgan fingerprint density at radius 2 is 1.59 bits per heavy atom. The first kappa shape index (κ1) is 16.5. The zero-order valence-electron chi connectivity index (χ0n) is 13.2. The van der Waals surface area contributed by atoms with Gasteiger partial charge in [-0.25, -0.2) is 0 Å². The molecule has 0 aliphatic heterocycles. The summed E-state index contributed by atoms with van der Waals surface area (Å²) in [5.41, 5.74) is 2.15. The van der Waals surface area contributed by atoms with E-state index in [4.69, 9.17) is 0 Å². The van der Waals surface area contributed by atoms with Crippen molar-refractivity contribution >= 4 is 0 Å². The average Bonchev–Trinajstić information content (AvgIpc) is 2.54. The second-order valence-corrected chi connectivity index (χ2v) is 5.92. The van der Waals surface area contributed by atoms with Gasteiger partial charge in [0.15, 0.2) is 0 Å². The number of benzene rings is 2. The summed E-state index contributed by atoms with van der Waals surface area (Å²) >= 11 is 0. The van der Waals surface area contributed by atoms with Crippen molar-refractivity contribution in [2.75, 3.05) is 0 Å². The Morgan fingerprint density at radius 3 is 2.23 bits per heavy atom. The van der Waals surface area contributed by atoms with Gasteiger partial charge in [0.25, 0.3) is 0 Å². The van der Waals surface area contributed by atoms with E-state index in [0.717, 1.165) is 18.4 Å².